The summed E-state index contributed by atoms with van der Waals surface area (Å²) in [6.45, 7) is 3.78. The van der Waals surface area contributed by atoms with Gasteiger partial charge in [-0.2, -0.15) is 0 Å². The average molecular weight is 201 g/mol. The molecule has 1 aromatic heterocycles. The first-order valence-electron chi connectivity index (χ1n) is 5.22. The van der Waals surface area contributed by atoms with Crippen molar-refractivity contribution in [1.29, 1.82) is 0 Å². The van der Waals surface area contributed by atoms with Gasteiger partial charge in [0.05, 0.1) is 11.6 Å². The van der Waals surface area contributed by atoms with Crippen LogP contribution in [0.3, 0.4) is 0 Å². The van der Waals surface area contributed by atoms with E-state index in [2.05, 4.69) is 11.1 Å². The highest BCUT2D eigenvalue weighted by Crippen LogP contribution is 2.20. The van der Waals surface area contributed by atoms with Gasteiger partial charge in [-0.25, -0.2) is 0 Å². The van der Waals surface area contributed by atoms with E-state index in [1.165, 1.54) is 0 Å². The molecule has 78 valence electrons. The number of aromatic nitrogens is 1. The highest BCUT2D eigenvalue weighted by atomic mass is 16.3. The zero-order valence-corrected chi connectivity index (χ0v) is 9.01. The Bertz CT molecular complexity index is 465. The summed E-state index contributed by atoms with van der Waals surface area (Å²) in [5.41, 5.74) is 1.94. The van der Waals surface area contributed by atoms with Gasteiger partial charge in [0.1, 0.15) is 0 Å². The second-order valence-electron chi connectivity index (χ2n) is 3.96. The lowest BCUT2D eigenvalue weighted by atomic mass is 10.0. The van der Waals surface area contributed by atoms with Crippen LogP contribution in [0.2, 0.25) is 0 Å². The van der Waals surface area contributed by atoms with E-state index < -0.39 is 0 Å². The van der Waals surface area contributed by atoms with E-state index in [9.17, 15) is 5.11 Å². The van der Waals surface area contributed by atoms with Crippen LogP contribution in [-0.2, 0) is 0 Å². The molecule has 2 atom stereocenters. The molecule has 0 aliphatic heterocycles. The minimum absolute atomic E-state index is 0.0783. The summed E-state index contributed by atoms with van der Waals surface area (Å²) < 4.78 is 0. The minimum atomic E-state index is -0.362. The van der Waals surface area contributed by atoms with Crippen molar-refractivity contribution < 1.29 is 5.11 Å². The summed E-state index contributed by atoms with van der Waals surface area (Å²) in [5, 5.41) is 10.6. The number of aliphatic hydroxyl groups is 1. The van der Waals surface area contributed by atoms with Gasteiger partial charge in [0.2, 0.25) is 0 Å². The smallest absolute Gasteiger partial charge is 0.0705 e. The fraction of sp³-hybridized carbons (Fsp3) is 0.308. The second kappa shape index (κ2) is 3.99. The fourth-order valence-corrected chi connectivity index (χ4v) is 1.58. The van der Waals surface area contributed by atoms with E-state index in [0.29, 0.717) is 0 Å². The van der Waals surface area contributed by atoms with E-state index in [1.807, 2.05) is 37.3 Å². The number of benzene rings is 1. The Morgan fingerprint density at radius 1 is 1.07 bits per heavy atom. The molecule has 0 saturated carbocycles. The van der Waals surface area contributed by atoms with E-state index in [-0.39, 0.29) is 12.0 Å². The van der Waals surface area contributed by atoms with Gasteiger partial charge in [-0.1, -0.05) is 31.2 Å². The van der Waals surface area contributed by atoms with E-state index >= 15 is 0 Å². The van der Waals surface area contributed by atoms with Crippen LogP contribution in [0.5, 0.6) is 0 Å². The molecule has 0 bridgehead atoms. The third-order valence-electron chi connectivity index (χ3n) is 2.81. The van der Waals surface area contributed by atoms with Gasteiger partial charge in [0, 0.05) is 17.0 Å². The summed E-state index contributed by atoms with van der Waals surface area (Å²) in [6, 6.07) is 12.1. The van der Waals surface area contributed by atoms with Crippen molar-refractivity contribution in [1.82, 2.24) is 4.98 Å². The summed E-state index contributed by atoms with van der Waals surface area (Å²) in [4.78, 5) is 4.54. The molecule has 0 fully saturated rings. The maximum Gasteiger partial charge on any atom is 0.0705 e. The number of para-hydroxylation sites is 1. The Morgan fingerprint density at radius 3 is 2.53 bits per heavy atom. The van der Waals surface area contributed by atoms with Crippen molar-refractivity contribution in [3.8, 4) is 0 Å². The molecule has 0 aliphatic rings. The molecule has 1 heterocycles. The van der Waals surface area contributed by atoms with Gasteiger partial charge in [-0.05, 0) is 19.1 Å². The molecule has 2 nitrogen and oxygen atoms in total. The maximum atomic E-state index is 9.51. The van der Waals surface area contributed by atoms with Crippen LogP contribution in [0.15, 0.2) is 36.4 Å². The van der Waals surface area contributed by atoms with Crippen molar-refractivity contribution in [3.05, 3.63) is 42.1 Å². The topological polar surface area (TPSA) is 33.1 Å². The lowest BCUT2D eigenvalue weighted by molar-refractivity contribution is 0.167. The van der Waals surface area contributed by atoms with Crippen LogP contribution in [0.4, 0.5) is 0 Å². The van der Waals surface area contributed by atoms with Gasteiger partial charge in [-0.3, -0.25) is 4.98 Å². The monoisotopic (exact) mass is 201 g/mol. The number of nitrogens with zero attached hydrogens (tertiary/aromatic N) is 1. The van der Waals surface area contributed by atoms with Crippen molar-refractivity contribution in [3.63, 3.8) is 0 Å². The van der Waals surface area contributed by atoms with Crippen LogP contribution in [0.1, 0.15) is 25.5 Å². The van der Waals surface area contributed by atoms with Gasteiger partial charge in [0.15, 0.2) is 0 Å². The Balaban J connectivity index is 2.47. The molecule has 15 heavy (non-hydrogen) atoms. The SMILES string of the molecule is C[C@@H](O)[C@@H](C)c1ccc2ccccc2n1. The number of hydrogen-bond acceptors (Lipinski definition) is 2. The quantitative estimate of drug-likeness (QED) is 0.810. The second-order valence-corrected chi connectivity index (χ2v) is 3.96. The molecular formula is C13H15NO. The number of aliphatic hydroxyl groups excluding tert-OH is 1. The molecule has 0 saturated heterocycles. The van der Waals surface area contributed by atoms with Crippen LogP contribution in [-0.4, -0.2) is 16.2 Å². The molecule has 0 spiro atoms. The lowest BCUT2D eigenvalue weighted by Gasteiger charge is -2.14. The Morgan fingerprint density at radius 2 is 1.80 bits per heavy atom. The van der Waals surface area contributed by atoms with Gasteiger partial charge < -0.3 is 5.11 Å². The fourth-order valence-electron chi connectivity index (χ4n) is 1.58. The largest absolute Gasteiger partial charge is 0.393 e. The molecular weight excluding hydrogens is 186 g/mol. The minimum Gasteiger partial charge on any atom is -0.393 e. The molecule has 0 unspecified atom stereocenters. The Labute approximate surface area is 89.6 Å². The van der Waals surface area contributed by atoms with Gasteiger partial charge >= 0.3 is 0 Å². The van der Waals surface area contributed by atoms with Crippen LogP contribution in [0.25, 0.3) is 10.9 Å². The molecule has 2 heteroatoms. The number of rotatable bonds is 2. The number of fused-ring (bicyclic) bond motifs is 1. The van der Waals surface area contributed by atoms with Crippen molar-refractivity contribution in [2.45, 2.75) is 25.9 Å². The highest BCUT2D eigenvalue weighted by Gasteiger charge is 2.12. The van der Waals surface area contributed by atoms with Crippen molar-refractivity contribution >= 4 is 10.9 Å². The first-order valence-corrected chi connectivity index (χ1v) is 5.22. The average Bonchev–Trinajstić information content (AvgIpc) is 2.27. The summed E-state index contributed by atoms with van der Waals surface area (Å²) in [5.74, 6) is 0.0783. The summed E-state index contributed by atoms with van der Waals surface area (Å²) in [6.07, 6.45) is -0.362. The molecule has 0 amide bonds. The third kappa shape index (κ3) is 2.00. The summed E-state index contributed by atoms with van der Waals surface area (Å²) >= 11 is 0. The van der Waals surface area contributed by atoms with Crippen LogP contribution >= 0.6 is 0 Å². The molecule has 2 aromatic rings. The molecule has 0 radical (unpaired) electrons. The molecule has 2 rings (SSSR count). The van der Waals surface area contributed by atoms with Crippen LogP contribution in [0, 0.1) is 0 Å². The van der Waals surface area contributed by atoms with Gasteiger partial charge in [-0.15, -0.1) is 0 Å². The predicted octanol–water partition coefficient (Wildman–Crippen LogP) is 2.72. The predicted molar refractivity (Wildman–Crippen MR) is 61.8 cm³/mol. The van der Waals surface area contributed by atoms with E-state index in [4.69, 9.17) is 0 Å². The van der Waals surface area contributed by atoms with Crippen molar-refractivity contribution in [2.24, 2.45) is 0 Å². The maximum absolute atomic E-state index is 9.51. The first kappa shape index (κ1) is 10.1. The van der Waals surface area contributed by atoms with E-state index in [0.717, 1.165) is 16.6 Å². The highest BCUT2D eigenvalue weighted by molar-refractivity contribution is 5.78. The third-order valence-corrected chi connectivity index (χ3v) is 2.81. The molecule has 0 aliphatic carbocycles. The summed E-state index contributed by atoms with van der Waals surface area (Å²) in [7, 11) is 0. The Hall–Kier alpha value is -1.41. The van der Waals surface area contributed by atoms with Crippen LogP contribution < -0.4 is 0 Å². The molecule has 1 aromatic carbocycles. The van der Waals surface area contributed by atoms with Crippen molar-refractivity contribution in [2.75, 3.05) is 0 Å². The lowest BCUT2D eigenvalue weighted by Crippen LogP contribution is -2.12. The zero-order chi connectivity index (χ0) is 10.8. The zero-order valence-electron chi connectivity index (χ0n) is 9.01. The van der Waals surface area contributed by atoms with E-state index in [1.54, 1.807) is 6.92 Å². The normalized spacial score (nSPS) is 15.1. The number of hydrogen-bond donors (Lipinski definition) is 1. The molecule has 1 N–H and O–H groups in total. The Kier molecular flexibility index (Phi) is 2.69. The number of pyridine rings is 1. The standard InChI is InChI=1S/C13H15NO/c1-9(10(2)15)12-8-7-11-5-3-4-6-13(11)14-12/h3-10,15H,1-2H3/t9-,10-/m1/s1. The van der Waals surface area contributed by atoms with Gasteiger partial charge in [0.25, 0.3) is 0 Å². The first-order chi connectivity index (χ1) is 7.18.